The van der Waals surface area contributed by atoms with Crippen molar-refractivity contribution >= 4 is 22.9 Å². The first-order valence-electron chi connectivity index (χ1n) is 17.0. The second-order valence-electron chi connectivity index (χ2n) is 17.1. The summed E-state index contributed by atoms with van der Waals surface area (Å²) in [6, 6.07) is 16.1. The first kappa shape index (κ1) is 37.2. The number of hydrogen-bond donors (Lipinski definition) is 0. The molecule has 0 spiro atoms. The van der Waals surface area contributed by atoms with E-state index < -0.39 is 0 Å². The smallest absolute Gasteiger partial charge is 0.186 e. The van der Waals surface area contributed by atoms with Crippen molar-refractivity contribution in [2.24, 2.45) is 42.1 Å². The third-order valence-electron chi connectivity index (χ3n) is 8.50. The molecule has 6 nitrogen and oxygen atoms in total. The molecule has 0 saturated carbocycles. The fourth-order valence-corrected chi connectivity index (χ4v) is 5.60. The Balaban J connectivity index is 1.42. The summed E-state index contributed by atoms with van der Waals surface area (Å²) in [7, 11) is 0. The van der Waals surface area contributed by atoms with Gasteiger partial charge in [0, 0.05) is 22.3 Å². The highest BCUT2D eigenvalue weighted by Gasteiger charge is 2.35. The normalized spacial score (nSPS) is 16.6. The van der Waals surface area contributed by atoms with E-state index in [1.165, 1.54) is 0 Å². The molecule has 6 heteroatoms. The third-order valence-corrected chi connectivity index (χ3v) is 8.50. The number of benzene rings is 2. The summed E-state index contributed by atoms with van der Waals surface area (Å²) in [4.78, 5) is 26.3. The summed E-state index contributed by atoms with van der Waals surface area (Å²) in [5, 5.41) is 17.5. The number of rotatable bonds is 6. The van der Waals surface area contributed by atoms with Gasteiger partial charge in [0.2, 0.25) is 0 Å². The monoisotopic (exact) mass is 656 g/mol. The molecule has 0 radical (unpaired) electrons. The highest BCUT2D eigenvalue weighted by atomic mass is 16.1. The maximum absolute atomic E-state index is 13.2. The van der Waals surface area contributed by atoms with Crippen LogP contribution in [0.25, 0.3) is 0 Å². The van der Waals surface area contributed by atoms with Crippen molar-refractivity contribution in [2.45, 2.75) is 89.5 Å². The second-order valence-corrected chi connectivity index (χ2v) is 17.1. The standard InChI is InChI=1S/C43H52N4O2/c1-40(2,3)34-22-30(23-35(38(34)48)41(4,5)6)26-44-46-32-17-13-28(14-18-32)21-29-15-19-33(20-16-29)47-45-27-31-24-36(42(7,8)9)39(49)37(25-31)43(10,11)12/h13-20,22-27H,21H2,1-12H3/b46-44+,47-45+. The van der Waals surface area contributed by atoms with Crippen molar-refractivity contribution < 1.29 is 9.59 Å². The van der Waals surface area contributed by atoms with E-state index >= 15 is 0 Å². The number of allylic oxidation sites excluding steroid dienone is 10. The van der Waals surface area contributed by atoms with Crippen LogP contribution in [0.1, 0.15) is 94.2 Å². The van der Waals surface area contributed by atoms with Crippen LogP contribution < -0.4 is 0 Å². The van der Waals surface area contributed by atoms with Gasteiger partial charge < -0.3 is 0 Å². The van der Waals surface area contributed by atoms with Crippen molar-refractivity contribution in [3.8, 4) is 0 Å². The molecular formula is C43H52N4O2. The summed E-state index contributed by atoms with van der Waals surface area (Å²) in [6.45, 7) is 24.7. The van der Waals surface area contributed by atoms with Gasteiger partial charge in [0.15, 0.2) is 11.6 Å². The molecular weight excluding hydrogens is 604 g/mol. The summed E-state index contributed by atoms with van der Waals surface area (Å²) < 4.78 is 0. The minimum Gasteiger partial charge on any atom is -0.289 e. The largest absolute Gasteiger partial charge is 0.289 e. The number of carbonyl (C=O) groups is 2. The zero-order chi connectivity index (χ0) is 36.4. The molecule has 0 unspecified atom stereocenters. The molecule has 0 N–H and O–H groups in total. The Morgan fingerprint density at radius 3 is 0.959 bits per heavy atom. The number of ketones is 2. The fourth-order valence-electron chi connectivity index (χ4n) is 5.60. The molecule has 4 rings (SSSR count). The van der Waals surface area contributed by atoms with E-state index in [1.807, 2.05) is 48.6 Å². The molecule has 2 aliphatic rings. The maximum atomic E-state index is 13.2. The van der Waals surface area contributed by atoms with Gasteiger partial charge in [-0.3, -0.25) is 9.59 Å². The summed E-state index contributed by atoms with van der Waals surface area (Å²) >= 11 is 0. The molecule has 2 aromatic rings. The SMILES string of the molecule is CC(C)(C)C1=CC(=C/N=N/c2ccc(Cc3ccc(/N=N/C=C4C=C(C(C)(C)C)C(=O)C(C(C)(C)C)=C4)cc3)cc2)C=C(C(C)(C)C)C1=O. The molecule has 2 aromatic carbocycles. The van der Waals surface area contributed by atoms with Crippen molar-refractivity contribution in [1.82, 2.24) is 0 Å². The van der Waals surface area contributed by atoms with Gasteiger partial charge >= 0.3 is 0 Å². The van der Waals surface area contributed by atoms with Gasteiger partial charge in [0.25, 0.3) is 0 Å². The number of azo groups is 2. The average Bonchev–Trinajstić information content (AvgIpc) is 2.98. The molecule has 0 aromatic heterocycles. The van der Waals surface area contributed by atoms with Crippen LogP contribution in [0.5, 0.6) is 0 Å². The number of hydrogen-bond acceptors (Lipinski definition) is 6. The fraction of sp³-hybridized carbons (Fsp3) is 0.395. The molecule has 0 atom stereocenters. The minimum absolute atomic E-state index is 0.107. The van der Waals surface area contributed by atoms with Crippen LogP contribution in [0, 0.1) is 21.7 Å². The van der Waals surface area contributed by atoms with Crippen LogP contribution in [0.2, 0.25) is 0 Å². The van der Waals surface area contributed by atoms with E-state index in [-0.39, 0.29) is 33.2 Å². The zero-order valence-electron chi connectivity index (χ0n) is 31.4. The van der Waals surface area contributed by atoms with E-state index in [4.69, 9.17) is 0 Å². The van der Waals surface area contributed by atoms with E-state index in [2.05, 4.69) is 128 Å². The Hall–Kier alpha value is -4.58. The number of Topliss-reactive ketones (excluding diaryl/α,β-unsaturated/α-hetero) is 2. The summed E-state index contributed by atoms with van der Waals surface area (Å²) in [5.74, 6) is 0.214. The van der Waals surface area contributed by atoms with Gasteiger partial charge in [-0.2, -0.15) is 20.5 Å². The van der Waals surface area contributed by atoms with Crippen LogP contribution in [-0.2, 0) is 16.0 Å². The molecule has 256 valence electrons. The van der Waals surface area contributed by atoms with Gasteiger partial charge in [-0.25, -0.2) is 0 Å². The predicted octanol–water partition coefficient (Wildman–Crippen LogP) is 12.3. The summed E-state index contributed by atoms with van der Waals surface area (Å²) in [5.41, 5.74) is 7.67. The Labute approximate surface area is 293 Å². The van der Waals surface area contributed by atoms with Gasteiger partial charge in [-0.1, -0.05) is 107 Å². The van der Waals surface area contributed by atoms with E-state index in [0.717, 1.165) is 62.4 Å². The van der Waals surface area contributed by atoms with Crippen molar-refractivity contribution in [3.63, 3.8) is 0 Å². The maximum Gasteiger partial charge on any atom is 0.186 e. The van der Waals surface area contributed by atoms with E-state index in [9.17, 15) is 9.59 Å². The van der Waals surface area contributed by atoms with Crippen LogP contribution in [0.15, 0.2) is 139 Å². The highest BCUT2D eigenvalue weighted by Crippen LogP contribution is 2.40. The number of carbonyl (C=O) groups excluding carboxylic acids is 2. The Morgan fingerprint density at radius 1 is 0.449 bits per heavy atom. The number of nitrogens with zero attached hydrogens (tertiary/aromatic N) is 4. The van der Waals surface area contributed by atoms with Crippen LogP contribution in [0.4, 0.5) is 11.4 Å². The van der Waals surface area contributed by atoms with Crippen molar-refractivity contribution in [3.05, 3.63) is 130 Å². The quantitative estimate of drug-likeness (QED) is 0.290. The van der Waals surface area contributed by atoms with Crippen LogP contribution in [0.3, 0.4) is 0 Å². The summed E-state index contributed by atoms with van der Waals surface area (Å²) in [6.07, 6.45) is 12.0. The Kier molecular flexibility index (Phi) is 10.7. The van der Waals surface area contributed by atoms with Gasteiger partial charge in [-0.15, -0.1) is 0 Å². The van der Waals surface area contributed by atoms with Crippen LogP contribution in [-0.4, -0.2) is 11.6 Å². The van der Waals surface area contributed by atoms with E-state index in [1.54, 1.807) is 12.4 Å². The lowest BCUT2D eigenvalue weighted by atomic mass is 9.72. The zero-order valence-corrected chi connectivity index (χ0v) is 31.4. The highest BCUT2D eigenvalue weighted by molar-refractivity contribution is 6.12. The van der Waals surface area contributed by atoms with E-state index in [0.29, 0.717) is 0 Å². The molecule has 0 aliphatic heterocycles. The Bertz CT molecular complexity index is 1640. The second kappa shape index (κ2) is 14.1. The van der Waals surface area contributed by atoms with Crippen LogP contribution >= 0.6 is 0 Å². The molecule has 2 aliphatic carbocycles. The lowest BCUT2D eigenvalue weighted by molar-refractivity contribution is -0.114. The van der Waals surface area contributed by atoms with Gasteiger partial charge in [-0.05, 0) is 98.9 Å². The molecule has 0 saturated heterocycles. The molecule has 0 heterocycles. The molecule has 0 amide bonds. The van der Waals surface area contributed by atoms with Gasteiger partial charge in [0.05, 0.1) is 23.8 Å². The first-order chi connectivity index (χ1) is 22.6. The lowest BCUT2D eigenvalue weighted by Crippen LogP contribution is -2.27. The molecule has 49 heavy (non-hydrogen) atoms. The molecule has 0 bridgehead atoms. The van der Waals surface area contributed by atoms with Crippen molar-refractivity contribution in [1.29, 1.82) is 0 Å². The van der Waals surface area contributed by atoms with Crippen molar-refractivity contribution in [2.75, 3.05) is 0 Å². The topological polar surface area (TPSA) is 83.6 Å². The average molecular weight is 657 g/mol. The minimum atomic E-state index is -0.266. The lowest BCUT2D eigenvalue weighted by Gasteiger charge is -2.31. The third kappa shape index (κ3) is 9.75. The molecule has 0 fully saturated rings. The van der Waals surface area contributed by atoms with Gasteiger partial charge in [0.1, 0.15) is 0 Å². The predicted molar refractivity (Wildman–Crippen MR) is 201 cm³/mol. The first-order valence-corrected chi connectivity index (χ1v) is 17.0. The Morgan fingerprint density at radius 2 is 0.714 bits per heavy atom.